The van der Waals surface area contributed by atoms with E-state index in [-0.39, 0.29) is 26.5 Å². The van der Waals surface area contributed by atoms with E-state index < -0.39 is 23.3 Å². The Bertz CT molecular complexity index is 2490. The summed E-state index contributed by atoms with van der Waals surface area (Å²) in [5, 5.41) is 2.16. The van der Waals surface area contributed by atoms with Crippen molar-refractivity contribution in [1.82, 2.24) is 14.1 Å². The second-order valence-corrected chi connectivity index (χ2v) is 26.7. The molecule has 0 radical (unpaired) electrons. The first-order valence-corrected chi connectivity index (χ1v) is 24.3. The zero-order valence-electron chi connectivity index (χ0n) is 33.8. The van der Waals surface area contributed by atoms with E-state index in [0.717, 1.165) is 45.0 Å². The Kier molecular flexibility index (Phi) is 8.73. The Morgan fingerprint density at radius 2 is 1.61 bits per heavy atom. The Morgan fingerprint density at radius 3 is 2.33 bits per heavy atom. The molecule has 0 N–H and O–H groups in total. The van der Waals surface area contributed by atoms with Crippen LogP contribution in [0.2, 0.25) is 39.3 Å². The van der Waals surface area contributed by atoms with Gasteiger partial charge in [0.05, 0.1) is 30.2 Å². The van der Waals surface area contributed by atoms with Gasteiger partial charge in [0, 0.05) is 56.1 Å². The van der Waals surface area contributed by atoms with Gasteiger partial charge in [0.1, 0.15) is 14.1 Å². The number of fused-ring (bicyclic) bond motifs is 4. The molecule has 7 rings (SSSR count). The zero-order chi connectivity index (χ0) is 38.1. The van der Waals surface area contributed by atoms with Crippen molar-refractivity contribution in [2.45, 2.75) is 65.5 Å². The molecule has 0 spiro atoms. The third kappa shape index (κ3) is 7.37. The molecule has 0 aliphatic rings. The summed E-state index contributed by atoms with van der Waals surface area (Å²) in [4.78, 5) is 4.79. The summed E-state index contributed by atoms with van der Waals surface area (Å²) in [6.45, 7) is 18.3. The van der Waals surface area contributed by atoms with Gasteiger partial charge in [-0.2, -0.15) is 18.2 Å². The number of pyridine rings is 1. The molecule has 0 fully saturated rings. The van der Waals surface area contributed by atoms with Crippen LogP contribution in [0.25, 0.3) is 44.3 Å². The number of para-hydroxylation sites is 1. The predicted molar refractivity (Wildman–Crippen MR) is 212 cm³/mol. The number of anilines is 1. The number of hydrogen-bond acceptors (Lipinski definition) is 3. The molecule has 0 aliphatic carbocycles. The summed E-state index contributed by atoms with van der Waals surface area (Å²) in [6.07, 6.45) is 6.01. The second-order valence-electron chi connectivity index (χ2n) is 16.4. The Hall–Kier alpha value is -3.98. The maximum Gasteiger partial charge on any atom is 0.242 e. The quantitative estimate of drug-likeness (QED) is 0.0867. The first-order chi connectivity index (χ1) is 24.8. The van der Waals surface area contributed by atoms with Crippen LogP contribution >= 0.6 is 0 Å². The summed E-state index contributed by atoms with van der Waals surface area (Å²) >= 11 is 0. The van der Waals surface area contributed by atoms with Gasteiger partial charge in [0.25, 0.3) is 0 Å². The maximum atomic E-state index is 8.40. The van der Waals surface area contributed by atoms with Crippen molar-refractivity contribution in [3.05, 3.63) is 115 Å². The van der Waals surface area contributed by atoms with Gasteiger partial charge < -0.3 is 23.0 Å². The third-order valence-corrected chi connectivity index (χ3v) is 12.6. The summed E-state index contributed by atoms with van der Waals surface area (Å²) in [7, 11) is -3.25. The van der Waals surface area contributed by atoms with Crippen molar-refractivity contribution in [3.63, 3.8) is 0 Å². The van der Waals surface area contributed by atoms with Crippen molar-refractivity contribution in [3.8, 4) is 23.0 Å². The third-order valence-electron chi connectivity index (χ3n) is 9.01. The number of imidazole rings is 1. The van der Waals surface area contributed by atoms with Gasteiger partial charge in [-0.15, -0.1) is 29.7 Å². The standard InChI is InChI=1S/C42H47N5OSi2.Pt/c1-42(2,3)30-22-23-43-41(24-30)47-37-17-12-11-16-35(37)36-20-19-34(27-39(36)47)48-33-15-13-14-31(25-33)45-28-44(4)40-26-32(18-21-38(40)45)46(50(8,9)10)29-49(5,6)7;/h11-24,26H,29H2,1-10H3;/q-2;/i4D3;. The molecular weight excluding hydrogens is 842 g/mol. The first kappa shape index (κ1) is 32.9. The molecule has 51 heavy (non-hydrogen) atoms. The molecule has 7 aromatic rings. The molecule has 3 heterocycles. The fourth-order valence-electron chi connectivity index (χ4n) is 6.55. The topological polar surface area (TPSA) is 39.1 Å². The largest absolute Gasteiger partial charge is 0.510 e. The molecule has 0 atom stereocenters. The summed E-state index contributed by atoms with van der Waals surface area (Å²) in [6, 6.07) is 35.2. The molecule has 0 aliphatic heterocycles. The predicted octanol–water partition coefficient (Wildman–Crippen LogP) is 9.95. The van der Waals surface area contributed by atoms with Crippen LogP contribution in [-0.4, -0.2) is 36.6 Å². The number of rotatable bonds is 8. The summed E-state index contributed by atoms with van der Waals surface area (Å²) in [5.74, 6) is 1.82. The molecule has 0 amide bonds. The minimum absolute atomic E-state index is 0. The number of ether oxygens (including phenoxy) is 1. The molecule has 0 unspecified atom stereocenters. The Labute approximate surface area is 323 Å². The minimum Gasteiger partial charge on any atom is -0.510 e. The molecule has 9 heteroatoms. The monoisotopic (exact) mass is 891 g/mol. The van der Waals surface area contributed by atoms with E-state index in [1.807, 2.05) is 54.7 Å². The normalized spacial score (nSPS) is 13.5. The second kappa shape index (κ2) is 13.5. The number of benzene rings is 4. The van der Waals surface area contributed by atoms with Gasteiger partial charge >= 0.3 is 0 Å². The van der Waals surface area contributed by atoms with Crippen molar-refractivity contribution >= 4 is 54.8 Å². The van der Waals surface area contributed by atoms with Crippen LogP contribution in [0.4, 0.5) is 5.69 Å². The van der Waals surface area contributed by atoms with Gasteiger partial charge in [0.2, 0.25) is 6.33 Å². The molecule has 0 saturated carbocycles. The van der Waals surface area contributed by atoms with Crippen LogP contribution in [0, 0.1) is 18.5 Å². The van der Waals surface area contributed by atoms with Crippen LogP contribution < -0.4 is 13.9 Å². The average molecular weight is 892 g/mol. The Morgan fingerprint density at radius 1 is 0.843 bits per heavy atom. The summed E-state index contributed by atoms with van der Waals surface area (Å²) < 4.78 is 39.4. The molecule has 6 nitrogen and oxygen atoms in total. The van der Waals surface area contributed by atoms with Crippen LogP contribution in [0.3, 0.4) is 0 Å². The molecule has 3 aromatic heterocycles. The van der Waals surface area contributed by atoms with Gasteiger partial charge in [0.15, 0.2) is 0 Å². The van der Waals surface area contributed by atoms with Crippen LogP contribution in [-0.2, 0) is 33.5 Å². The average Bonchev–Trinajstić information content (AvgIpc) is 3.62. The van der Waals surface area contributed by atoms with Crippen molar-refractivity contribution in [1.29, 1.82) is 0 Å². The fraction of sp³-hybridized carbons (Fsp3) is 0.286. The first-order valence-electron chi connectivity index (χ1n) is 18.7. The maximum absolute atomic E-state index is 8.40. The van der Waals surface area contributed by atoms with Crippen molar-refractivity contribution in [2.75, 3.05) is 10.7 Å². The van der Waals surface area contributed by atoms with Crippen molar-refractivity contribution in [2.24, 2.45) is 6.98 Å². The van der Waals surface area contributed by atoms with E-state index in [9.17, 15) is 0 Å². The van der Waals surface area contributed by atoms with Crippen LogP contribution in [0.5, 0.6) is 11.5 Å². The molecule has 0 saturated heterocycles. The number of hydrogen-bond donors (Lipinski definition) is 0. The summed E-state index contributed by atoms with van der Waals surface area (Å²) in [5.41, 5.74) is 6.04. The zero-order valence-corrected chi connectivity index (χ0v) is 35.1. The molecule has 0 bridgehead atoms. The van der Waals surface area contributed by atoms with E-state index in [1.165, 1.54) is 10.1 Å². The van der Waals surface area contributed by atoms with Gasteiger partial charge in [-0.3, -0.25) is 0 Å². The van der Waals surface area contributed by atoms with Crippen LogP contribution in [0.1, 0.15) is 30.4 Å². The fourth-order valence-corrected chi connectivity index (χ4v) is 11.9. The van der Waals surface area contributed by atoms with Gasteiger partial charge in [-0.25, -0.2) is 4.98 Å². The number of nitrogens with zero attached hydrogens (tertiary/aromatic N) is 5. The van der Waals surface area contributed by atoms with E-state index in [1.54, 1.807) is 4.57 Å². The molecular formula is C42H47N5OPtSi2-2. The number of aromatic nitrogens is 4. The van der Waals surface area contributed by atoms with Crippen molar-refractivity contribution < 1.29 is 34.5 Å². The smallest absolute Gasteiger partial charge is 0.242 e. The Balaban J connectivity index is 0.00000497. The molecule has 4 aromatic carbocycles. The SMILES string of the molecule is [2H]C([2H])([2H])[n+]1[c-]n(-c2[c-]c(Oc3[c-]c4c(cc3)c3ccccc3n4-c3cc(C(C)(C)C)ccn3)ccc2)c2ccc(N(C[Si](C)(C)C)[Si](C)(C)C)cc21.[Pt]. The van der Waals surface area contributed by atoms with E-state index >= 15 is 0 Å². The van der Waals surface area contributed by atoms with E-state index in [0.29, 0.717) is 22.7 Å². The van der Waals surface area contributed by atoms with Gasteiger partial charge in [-0.1, -0.05) is 95.5 Å². The molecule has 266 valence electrons. The minimum atomic E-state index is -2.43. The van der Waals surface area contributed by atoms with Gasteiger partial charge in [-0.05, 0) is 46.7 Å². The van der Waals surface area contributed by atoms with Crippen LogP contribution in [0.15, 0.2) is 91.1 Å². The van der Waals surface area contributed by atoms with E-state index in [4.69, 9.17) is 13.8 Å². The van der Waals surface area contributed by atoms with E-state index in [2.05, 4.69) is 124 Å². The number of aryl methyl sites for hydroxylation is 1.